The number of benzene rings is 1. The zero-order chi connectivity index (χ0) is 17.1. The highest BCUT2D eigenvalue weighted by atomic mass is 16.5. The van der Waals surface area contributed by atoms with Gasteiger partial charge in [-0.3, -0.25) is 4.79 Å². The quantitative estimate of drug-likeness (QED) is 0.886. The van der Waals surface area contributed by atoms with Gasteiger partial charge in [0.05, 0.1) is 17.7 Å². The number of piperidine rings is 1. The summed E-state index contributed by atoms with van der Waals surface area (Å²) < 4.78 is 5.13. The number of aromatic nitrogens is 1. The van der Waals surface area contributed by atoms with Crippen LogP contribution in [0.5, 0.6) is 0 Å². The van der Waals surface area contributed by atoms with E-state index >= 15 is 0 Å². The lowest BCUT2D eigenvalue weighted by Gasteiger charge is -2.32. The first-order valence-corrected chi connectivity index (χ1v) is 8.70. The molecule has 1 aliphatic rings. The van der Waals surface area contributed by atoms with Crippen molar-refractivity contribution in [3.8, 4) is 0 Å². The fourth-order valence-electron chi connectivity index (χ4n) is 3.46. The average molecular weight is 329 g/mol. The van der Waals surface area contributed by atoms with E-state index in [1.54, 1.807) is 7.11 Å². The molecule has 0 bridgehead atoms. The number of hydrogen-bond donors (Lipinski definition) is 2. The highest BCUT2D eigenvalue weighted by molar-refractivity contribution is 6.06. The van der Waals surface area contributed by atoms with E-state index in [1.807, 2.05) is 19.1 Å². The number of H-pyrrole nitrogens is 1. The summed E-state index contributed by atoms with van der Waals surface area (Å²) in [6, 6.07) is 6.19. The van der Waals surface area contributed by atoms with Crippen LogP contribution in [0.2, 0.25) is 0 Å². The number of likely N-dealkylation sites (tertiary alicyclic amines) is 1. The monoisotopic (exact) mass is 329 g/mol. The molecule has 1 saturated heterocycles. The van der Waals surface area contributed by atoms with E-state index in [9.17, 15) is 4.79 Å². The van der Waals surface area contributed by atoms with Gasteiger partial charge in [0.1, 0.15) is 0 Å². The van der Waals surface area contributed by atoms with E-state index in [-0.39, 0.29) is 11.9 Å². The Bertz CT molecular complexity index is 715. The number of nitrogens with one attached hydrogen (secondary N) is 2. The first-order valence-electron chi connectivity index (χ1n) is 8.70. The third-order valence-electron chi connectivity index (χ3n) is 5.12. The highest BCUT2D eigenvalue weighted by Gasteiger charge is 2.22. The zero-order valence-corrected chi connectivity index (χ0v) is 14.8. The van der Waals surface area contributed by atoms with Crippen molar-refractivity contribution in [3.63, 3.8) is 0 Å². The molecule has 1 amide bonds. The molecular formula is C19H27N3O2. The maximum atomic E-state index is 12.7. The Morgan fingerprint density at radius 1 is 1.33 bits per heavy atom. The number of nitrogens with zero attached hydrogens (tertiary/aromatic N) is 1. The van der Waals surface area contributed by atoms with Crippen molar-refractivity contribution >= 4 is 16.8 Å². The number of para-hydroxylation sites is 1. The summed E-state index contributed by atoms with van der Waals surface area (Å²) >= 11 is 0. The van der Waals surface area contributed by atoms with E-state index in [4.69, 9.17) is 4.74 Å². The van der Waals surface area contributed by atoms with Crippen LogP contribution in [0.15, 0.2) is 18.2 Å². The number of hydrogen-bond acceptors (Lipinski definition) is 3. The number of fused-ring (bicyclic) bond motifs is 1. The number of carbonyl (C=O) groups excluding carboxylic acids is 1. The number of aromatic amines is 1. The van der Waals surface area contributed by atoms with Crippen molar-refractivity contribution in [3.05, 3.63) is 35.0 Å². The molecule has 5 heteroatoms. The zero-order valence-electron chi connectivity index (χ0n) is 14.8. The lowest BCUT2D eigenvalue weighted by molar-refractivity contribution is 0.0894. The molecule has 0 saturated carbocycles. The maximum absolute atomic E-state index is 12.7. The smallest absolute Gasteiger partial charge is 0.253 e. The Hall–Kier alpha value is -1.85. The molecule has 0 atom stereocenters. The third-order valence-corrected chi connectivity index (χ3v) is 5.12. The molecule has 130 valence electrons. The Labute approximate surface area is 143 Å². The molecule has 0 unspecified atom stereocenters. The van der Waals surface area contributed by atoms with Gasteiger partial charge in [0.25, 0.3) is 5.91 Å². The largest absolute Gasteiger partial charge is 0.383 e. The fraction of sp³-hybridized carbons (Fsp3) is 0.526. The van der Waals surface area contributed by atoms with Crippen LogP contribution in [0.3, 0.4) is 0 Å². The molecule has 1 aromatic carbocycles. The molecule has 0 radical (unpaired) electrons. The van der Waals surface area contributed by atoms with Gasteiger partial charge in [0.2, 0.25) is 0 Å². The second kappa shape index (κ2) is 7.36. The second-order valence-electron chi connectivity index (χ2n) is 6.69. The van der Waals surface area contributed by atoms with Gasteiger partial charge in [-0.15, -0.1) is 0 Å². The first-order chi connectivity index (χ1) is 11.6. The average Bonchev–Trinajstić information content (AvgIpc) is 2.89. The Kier molecular flexibility index (Phi) is 5.21. The van der Waals surface area contributed by atoms with Gasteiger partial charge < -0.3 is 19.9 Å². The molecule has 5 nitrogen and oxygen atoms in total. The van der Waals surface area contributed by atoms with Gasteiger partial charge in [-0.2, -0.15) is 0 Å². The van der Waals surface area contributed by atoms with Crippen molar-refractivity contribution in [1.82, 2.24) is 15.2 Å². The molecule has 24 heavy (non-hydrogen) atoms. The predicted octanol–water partition coefficient (Wildman–Crippen LogP) is 2.63. The molecule has 1 aromatic heterocycles. The van der Waals surface area contributed by atoms with Crippen molar-refractivity contribution in [2.24, 2.45) is 0 Å². The van der Waals surface area contributed by atoms with Crippen LogP contribution < -0.4 is 5.32 Å². The van der Waals surface area contributed by atoms with Crippen LogP contribution in [0, 0.1) is 13.8 Å². The van der Waals surface area contributed by atoms with Gasteiger partial charge in [-0.25, -0.2) is 0 Å². The van der Waals surface area contributed by atoms with Crippen LogP contribution in [0.25, 0.3) is 10.9 Å². The summed E-state index contributed by atoms with van der Waals surface area (Å²) in [6.07, 6.45) is 1.99. The number of rotatable bonds is 5. The third kappa shape index (κ3) is 3.47. The summed E-state index contributed by atoms with van der Waals surface area (Å²) in [6.45, 7) is 7.90. The van der Waals surface area contributed by atoms with Gasteiger partial charge in [0, 0.05) is 43.9 Å². The van der Waals surface area contributed by atoms with Crippen molar-refractivity contribution < 1.29 is 9.53 Å². The fourth-order valence-corrected chi connectivity index (χ4v) is 3.46. The maximum Gasteiger partial charge on any atom is 0.253 e. The molecule has 2 heterocycles. The van der Waals surface area contributed by atoms with Crippen molar-refractivity contribution in [2.45, 2.75) is 32.7 Å². The molecule has 1 aliphatic heterocycles. The predicted molar refractivity (Wildman–Crippen MR) is 96.6 cm³/mol. The lowest BCUT2D eigenvalue weighted by atomic mass is 10.0. The Morgan fingerprint density at radius 2 is 2.08 bits per heavy atom. The minimum absolute atomic E-state index is 0.0252. The van der Waals surface area contributed by atoms with E-state index in [1.165, 1.54) is 5.56 Å². The molecule has 0 aliphatic carbocycles. The molecule has 1 fully saturated rings. The van der Waals surface area contributed by atoms with Crippen LogP contribution in [-0.2, 0) is 4.74 Å². The van der Waals surface area contributed by atoms with Crippen LogP contribution in [0.4, 0.5) is 0 Å². The van der Waals surface area contributed by atoms with E-state index in [0.29, 0.717) is 0 Å². The normalized spacial score (nSPS) is 16.6. The Balaban J connectivity index is 1.65. The minimum atomic E-state index is 0.0252. The van der Waals surface area contributed by atoms with E-state index < -0.39 is 0 Å². The number of aryl methyl sites for hydroxylation is 2. The summed E-state index contributed by atoms with van der Waals surface area (Å²) in [4.78, 5) is 18.5. The summed E-state index contributed by atoms with van der Waals surface area (Å²) in [7, 11) is 1.73. The summed E-state index contributed by atoms with van der Waals surface area (Å²) in [5, 5.41) is 4.35. The van der Waals surface area contributed by atoms with Crippen LogP contribution >= 0.6 is 0 Å². The van der Waals surface area contributed by atoms with E-state index in [0.717, 1.165) is 61.2 Å². The summed E-state index contributed by atoms with van der Waals surface area (Å²) in [5.41, 5.74) is 4.02. The lowest BCUT2D eigenvalue weighted by Crippen LogP contribution is -2.45. The SMILES string of the molecule is COCCN1CCC(NC(=O)c2cccc3c(C)c(C)[nH]c23)CC1. The first kappa shape index (κ1) is 17.0. The van der Waals surface area contributed by atoms with Crippen LogP contribution in [-0.4, -0.2) is 55.2 Å². The van der Waals surface area contributed by atoms with Crippen molar-refractivity contribution in [2.75, 3.05) is 33.4 Å². The van der Waals surface area contributed by atoms with Gasteiger partial charge in [0.15, 0.2) is 0 Å². The highest BCUT2D eigenvalue weighted by Crippen LogP contribution is 2.24. The summed E-state index contributed by atoms with van der Waals surface area (Å²) in [5.74, 6) is 0.0252. The Morgan fingerprint density at radius 3 is 2.79 bits per heavy atom. The molecule has 2 aromatic rings. The van der Waals surface area contributed by atoms with Crippen LogP contribution in [0.1, 0.15) is 34.5 Å². The van der Waals surface area contributed by atoms with Gasteiger partial charge in [-0.1, -0.05) is 12.1 Å². The molecule has 2 N–H and O–H groups in total. The van der Waals surface area contributed by atoms with Crippen molar-refractivity contribution in [1.29, 1.82) is 0 Å². The number of amides is 1. The number of ether oxygens (including phenoxy) is 1. The molecule has 0 spiro atoms. The number of carbonyl (C=O) groups is 1. The van der Waals surface area contributed by atoms with E-state index in [2.05, 4.69) is 28.2 Å². The molecular weight excluding hydrogens is 302 g/mol. The van der Waals surface area contributed by atoms with Gasteiger partial charge >= 0.3 is 0 Å². The topological polar surface area (TPSA) is 57.4 Å². The standard InChI is InChI=1S/C19H27N3O2/c1-13-14(2)20-18-16(13)5-4-6-17(18)19(23)21-15-7-9-22(10-8-15)11-12-24-3/h4-6,15,20H,7-12H2,1-3H3,(H,21,23). The van der Waals surface area contributed by atoms with Gasteiger partial charge in [-0.05, 0) is 38.3 Å². The number of methoxy groups -OCH3 is 1. The molecule has 3 rings (SSSR count). The minimum Gasteiger partial charge on any atom is -0.383 e. The second-order valence-corrected chi connectivity index (χ2v) is 6.69.